The van der Waals surface area contributed by atoms with E-state index in [0.29, 0.717) is 5.92 Å². The Balaban J connectivity index is 0.00000392. The van der Waals surface area contributed by atoms with Crippen LogP contribution in [0.1, 0.15) is 39.3 Å². The maximum atomic E-state index is 12.2. The summed E-state index contributed by atoms with van der Waals surface area (Å²) in [5, 5.41) is 3.49. The van der Waals surface area contributed by atoms with E-state index in [1.54, 1.807) is 0 Å². The van der Waals surface area contributed by atoms with Crippen LogP contribution in [0.2, 0.25) is 0 Å². The molecule has 160 valence electrons. The third-order valence-corrected chi connectivity index (χ3v) is 4.84. The fourth-order valence-electron chi connectivity index (χ4n) is 3.25. The molecule has 1 aliphatic rings. The number of hydrogen-bond acceptors (Lipinski definition) is 3. The largest absolute Gasteiger partial charge is 0.444 e. The number of hydrogen-bond donors (Lipinski definition) is 1. The van der Waals surface area contributed by atoms with Crippen molar-refractivity contribution >= 4 is 36.0 Å². The van der Waals surface area contributed by atoms with E-state index in [4.69, 9.17) is 4.74 Å². The number of aromatic nitrogens is 1. The lowest BCUT2D eigenvalue weighted by Gasteiger charge is -2.34. The number of halogens is 1. The van der Waals surface area contributed by atoms with Gasteiger partial charge in [-0.15, -0.1) is 24.0 Å². The number of carbonyl (C=O) groups is 1. The number of carbonyl (C=O) groups excluding carboxylic acids is 1. The van der Waals surface area contributed by atoms with E-state index in [0.717, 1.165) is 45.0 Å². The molecule has 0 saturated carbocycles. The number of rotatable bonds is 4. The van der Waals surface area contributed by atoms with E-state index < -0.39 is 5.60 Å². The van der Waals surface area contributed by atoms with Crippen molar-refractivity contribution in [3.63, 3.8) is 0 Å². The number of guanidine groups is 1. The molecule has 0 bridgehead atoms. The van der Waals surface area contributed by atoms with Gasteiger partial charge in [0.05, 0.1) is 6.54 Å². The molecule has 2 heterocycles. The number of nitrogens with one attached hydrogen (secondary N) is 1. The third-order valence-electron chi connectivity index (χ3n) is 4.84. The zero-order chi connectivity index (χ0) is 20.0. The van der Waals surface area contributed by atoms with Crippen LogP contribution in [-0.4, -0.2) is 65.8 Å². The van der Waals surface area contributed by atoms with Crippen LogP contribution < -0.4 is 5.32 Å². The third kappa shape index (κ3) is 7.52. The molecule has 1 amide bonds. The summed E-state index contributed by atoms with van der Waals surface area (Å²) in [6, 6.07) is 4.17. The first-order chi connectivity index (χ1) is 12.7. The maximum Gasteiger partial charge on any atom is 0.410 e. The van der Waals surface area contributed by atoms with Gasteiger partial charge in [0.25, 0.3) is 0 Å². The Morgan fingerprint density at radius 1 is 1.36 bits per heavy atom. The summed E-state index contributed by atoms with van der Waals surface area (Å²) in [6.45, 7) is 8.88. The first kappa shape index (κ1) is 24.6. The standard InChI is InChI=1S/C20H35N5O2.HI/c1-20(2,3)27-19(26)25-12-9-16(10-13-25)14-22-18(21-4)24(6)15-17-8-7-11-23(17)5;/h7-8,11,16H,9-10,12-15H2,1-6H3,(H,21,22);1H. The van der Waals surface area contributed by atoms with Crippen LogP contribution in [0.25, 0.3) is 0 Å². The van der Waals surface area contributed by atoms with E-state index >= 15 is 0 Å². The Kier molecular flexibility index (Phi) is 9.59. The Hall–Kier alpha value is -1.45. The van der Waals surface area contributed by atoms with Crippen molar-refractivity contribution in [2.24, 2.45) is 18.0 Å². The van der Waals surface area contributed by atoms with Gasteiger partial charge < -0.3 is 24.4 Å². The van der Waals surface area contributed by atoms with Gasteiger partial charge in [0.2, 0.25) is 0 Å². The first-order valence-electron chi connectivity index (χ1n) is 9.69. The van der Waals surface area contributed by atoms with E-state index in [1.807, 2.05) is 39.8 Å². The van der Waals surface area contributed by atoms with Crippen molar-refractivity contribution in [1.29, 1.82) is 0 Å². The summed E-state index contributed by atoms with van der Waals surface area (Å²) in [4.78, 5) is 20.5. The van der Waals surface area contributed by atoms with Gasteiger partial charge in [-0.05, 0) is 51.7 Å². The monoisotopic (exact) mass is 505 g/mol. The van der Waals surface area contributed by atoms with Gasteiger partial charge >= 0.3 is 6.09 Å². The van der Waals surface area contributed by atoms with E-state index in [1.165, 1.54) is 5.69 Å². The fourth-order valence-corrected chi connectivity index (χ4v) is 3.25. The Morgan fingerprint density at radius 3 is 2.50 bits per heavy atom. The summed E-state index contributed by atoms with van der Waals surface area (Å²) in [5.74, 6) is 1.43. The lowest BCUT2D eigenvalue weighted by atomic mass is 9.97. The molecule has 0 aliphatic carbocycles. The molecule has 0 spiro atoms. The van der Waals surface area contributed by atoms with Crippen LogP contribution in [0.5, 0.6) is 0 Å². The zero-order valence-corrected chi connectivity index (χ0v) is 20.4. The molecule has 1 saturated heterocycles. The molecule has 1 aromatic rings. The van der Waals surface area contributed by atoms with Gasteiger partial charge in [0.15, 0.2) is 5.96 Å². The normalized spacial score (nSPS) is 15.8. The minimum Gasteiger partial charge on any atom is -0.444 e. The maximum absolute atomic E-state index is 12.2. The minimum atomic E-state index is -0.440. The molecular formula is C20H36IN5O2. The highest BCUT2D eigenvalue weighted by Crippen LogP contribution is 2.19. The van der Waals surface area contributed by atoms with Crippen LogP contribution in [0, 0.1) is 5.92 Å². The molecule has 0 unspecified atom stereocenters. The summed E-state index contributed by atoms with van der Waals surface area (Å²) >= 11 is 0. The Labute approximate surface area is 186 Å². The number of ether oxygens (including phenoxy) is 1. The molecule has 7 nitrogen and oxygen atoms in total. The van der Waals surface area contributed by atoms with Crippen molar-refractivity contribution in [3.05, 3.63) is 24.0 Å². The van der Waals surface area contributed by atoms with Crippen molar-refractivity contribution in [3.8, 4) is 0 Å². The lowest BCUT2D eigenvalue weighted by Crippen LogP contribution is -2.45. The Morgan fingerprint density at radius 2 is 2.00 bits per heavy atom. The van der Waals surface area contributed by atoms with Gasteiger partial charge in [-0.3, -0.25) is 4.99 Å². The van der Waals surface area contributed by atoms with Gasteiger partial charge in [0, 0.05) is 52.7 Å². The van der Waals surface area contributed by atoms with E-state index in [-0.39, 0.29) is 30.1 Å². The van der Waals surface area contributed by atoms with Crippen molar-refractivity contribution in [2.75, 3.05) is 33.7 Å². The highest BCUT2D eigenvalue weighted by atomic mass is 127. The molecule has 1 N–H and O–H groups in total. The molecule has 1 fully saturated rings. The molecule has 1 aliphatic heterocycles. The van der Waals surface area contributed by atoms with Gasteiger partial charge in [-0.25, -0.2) is 4.79 Å². The molecule has 0 aromatic carbocycles. The zero-order valence-electron chi connectivity index (χ0n) is 18.1. The average Bonchev–Trinajstić information content (AvgIpc) is 2.99. The second kappa shape index (κ2) is 10.9. The highest BCUT2D eigenvalue weighted by Gasteiger charge is 2.27. The SMILES string of the molecule is CN=C(NCC1CCN(C(=O)OC(C)(C)C)CC1)N(C)Cc1cccn1C.I. The van der Waals surface area contributed by atoms with Gasteiger partial charge in [0.1, 0.15) is 5.60 Å². The molecule has 28 heavy (non-hydrogen) atoms. The van der Waals surface area contributed by atoms with Crippen LogP contribution in [0.4, 0.5) is 4.79 Å². The Bertz CT molecular complexity index is 645. The predicted molar refractivity (Wildman–Crippen MR) is 124 cm³/mol. The van der Waals surface area contributed by atoms with Crippen molar-refractivity contribution < 1.29 is 9.53 Å². The van der Waals surface area contributed by atoms with Crippen LogP contribution in [0.3, 0.4) is 0 Å². The second-order valence-electron chi connectivity index (χ2n) is 8.31. The molecular weight excluding hydrogens is 469 g/mol. The summed E-state index contributed by atoms with van der Waals surface area (Å²) in [6.07, 6.45) is 3.81. The molecule has 0 atom stereocenters. The first-order valence-corrected chi connectivity index (χ1v) is 9.69. The number of aliphatic imine (C=N–C) groups is 1. The average molecular weight is 505 g/mol. The van der Waals surface area contributed by atoms with E-state index in [2.05, 4.69) is 45.2 Å². The summed E-state index contributed by atoms with van der Waals surface area (Å²) in [7, 11) is 5.92. The van der Waals surface area contributed by atoms with E-state index in [9.17, 15) is 4.79 Å². The van der Waals surface area contributed by atoms with Crippen LogP contribution in [-0.2, 0) is 18.3 Å². The van der Waals surface area contributed by atoms with Crippen molar-refractivity contribution in [2.45, 2.75) is 45.8 Å². The quantitative estimate of drug-likeness (QED) is 0.388. The number of piperidine rings is 1. The number of aryl methyl sites for hydroxylation is 1. The lowest BCUT2D eigenvalue weighted by molar-refractivity contribution is 0.0185. The minimum absolute atomic E-state index is 0. The summed E-state index contributed by atoms with van der Waals surface area (Å²) < 4.78 is 7.58. The second-order valence-corrected chi connectivity index (χ2v) is 8.31. The number of amides is 1. The summed E-state index contributed by atoms with van der Waals surface area (Å²) in [5.41, 5.74) is 0.802. The fraction of sp³-hybridized carbons (Fsp3) is 0.700. The molecule has 1 aromatic heterocycles. The number of likely N-dealkylation sites (tertiary alicyclic amines) is 1. The van der Waals surface area contributed by atoms with Crippen molar-refractivity contribution in [1.82, 2.24) is 19.7 Å². The van der Waals surface area contributed by atoms with Gasteiger partial charge in [-0.2, -0.15) is 0 Å². The van der Waals surface area contributed by atoms with Crippen LogP contribution in [0.15, 0.2) is 23.3 Å². The number of nitrogens with zero attached hydrogens (tertiary/aromatic N) is 4. The molecule has 8 heteroatoms. The highest BCUT2D eigenvalue weighted by molar-refractivity contribution is 14.0. The smallest absolute Gasteiger partial charge is 0.410 e. The predicted octanol–water partition coefficient (Wildman–Crippen LogP) is 3.30. The molecule has 2 rings (SSSR count). The molecule has 0 radical (unpaired) electrons. The van der Waals surface area contributed by atoms with Gasteiger partial charge in [-0.1, -0.05) is 0 Å². The van der Waals surface area contributed by atoms with Crippen LogP contribution >= 0.6 is 24.0 Å². The topological polar surface area (TPSA) is 62.1 Å².